The van der Waals surface area contributed by atoms with Gasteiger partial charge in [-0.2, -0.15) is 0 Å². The first-order valence-electron chi connectivity index (χ1n) is 11.3. The van der Waals surface area contributed by atoms with Crippen LogP contribution in [0.15, 0.2) is 18.2 Å². The molecule has 0 atom stereocenters. The highest BCUT2D eigenvalue weighted by Crippen LogP contribution is 2.59. The fraction of sp³-hybridized carbons (Fsp3) is 0.708. The summed E-state index contributed by atoms with van der Waals surface area (Å²) in [7, 11) is 1.71. The number of amides is 1. The number of hydrogen-bond acceptors (Lipinski definition) is 3. The van der Waals surface area contributed by atoms with Gasteiger partial charge in [-0.05, 0) is 98.8 Å². The smallest absolute Gasteiger partial charge is 0.252 e. The number of aryl methyl sites for hydroxylation is 1. The van der Waals surface area contributed by atoms with Crippen LogP contribution in [0.5, 0.6) is 0 Å². The Balaban J connectivity index is 0.00000256. The third kappa shape index (κ3) is 5.70. The molecule has 0 saturated heterocycles. The van der Waals surface area contributed by atoms with E-state index in [-0.39, 0.29) is 18.3 Å². The van der Waals surface area contributed by atoms with Crippen LogP contribution < -0.4 is 10.6 Å². The molecule has 30 heavy (non-hydrogen) atoms. The predicted molar refractivity (Wildman–Crippen MR) is 125 cm³/mol. The summed E-state index contributed by atoms with van der Waals surface area (Å²) in [5.74, 6) is 2.71. The highest BCUT2D eigenvalue weighted by Gasteiger charge is 2.50. The summed E-state index contributed by atoms with van der Waals surface area (Å²) in [6.07, 6.45) is 10.2. The van der Waals surface area contributed by atoms with Crippen molar-refractivity contribution < 1.29 is 9.53 Å². The van der Waals surface area contributed by atoms with Crippen LogP contribution in [0.2, 0.25) is 5.02 Å². The van der Waals surface area contributed by atoms with E-state index in [4.69, 9.17) is 16.3 Å². The van der Waals surface area contributed by atoms with E-state index in [2.05, 4.69) is 10.6 Å². The van der Waals surface area contributed by atoms with E-state index in [0.717, 1.165) is 56.8 Å². The van der Waals surface area contributed by atoms with Crippen LogP contribution in [0.25, 0.3) is 0 Å². The van der Waals surface area contributed by atoms with Crippen molar-refractivity contribution in [3.8, 4) is 0 Å². The zero-order valence-corrected chi connectivity index (χ0v) is 19.6. The van der Waals surface area contributed by atoms with Crippen LogP contribution >= 0.6 is 24.0 Å². The highest BCUT2D eigenvalue weighted by atomic mass is 35.5. The van der Waals surface area contributed by atoms with E-state index < -0.39 is 0 Å². The molecule has 0 heterocycles. The van der Waals surface area contributed by atoms with Crippen molar-refractivity contribution in [2.45, 2.75) is 51.4 Å². The second-order valence-corrected chi connectivity index (χ2v) is 10.2. The summed E-state index contributed by atoms with van der Waals surface area (Å²) in [5.41, 5.74) is 2.15. The number of ether oxygens (including phenoxy) is 1. The van der Waals surface area contributed by atoms with Crippen molar-refractivity contribution >= 4 is 29.9 Å². The van der Waals surface area contributed by atoms with Crippen molar-refractivity contribution in [1.82, 2.24) is 10.6 Å². The predicted octanol–water partition coefficient (Wildman–Crippen LogP) is 4.88. The Morgan fingerprint density at radius 2 is 1.80 bits per heavy atom. The molecule has 1 amide bonds. The summed E-state index contributed by atoms with van der Waals surface area (Å²) in [4.78, 5) is 12.9. The van der Waals surface area contributed by atoms with Crippen molar-refractivity contribution in [2.24, 2.45) is 23.2 Å². The molecule has 168 valence electrons. The van der Waals surface area contributed by atoms with Gasteiger partial charge >= 0.3 is 0 Å². The number of carbonyl (C=O) groups is 1. The third-order valence-corrected chi connectivity index (χ3v) is 7.70. The first-order valence-corrected chi connectivity index (χ1v) is 11.7. The Kier molecular flexibility index (Phi) is 8.48. The monoisotopic (exact) mass is 454 g/mol. The Bertz CT molecular complexity index is 690. The standard InChI is InChI=1S/C24H35ClN2O2.ClH/c1-29-8-7-26-6-2-3-17-4-5-22(25)21(12-17)23(28)27-16-24-13-18-9-19(14-24)11-20(10-18)15-24;/h4-5,12,18-20,26H,2-3,6-11,13-16H2,1H3,(H,27,28);1H. The molecule has 1 aromatic carbocycles. The Morgan fingerprint density at radius 1 is 1.13 bits per heavy atom. The second-order valence-electron chi connectivity index (χ2n) is 9.76. The van der Waals surface area contributed by atoms with Crippen LogP contribution in [-0.4, -0.2) is 39.3 Å². The van der Waals surface area contributed by atoms with Gasteiger partial charge in [0.1, 0.15) is 0 Å². The molecular weight excluding hydrogens is 419 g/mol. The molecule has 0 radical (unpaired) electrons. The lowest BCUT2D eigenvalue weighted by atomic mass is 9.49. The Labute approximate surface area is 192 Å². The number of carbonyl (C=O) groups excluding carboxylic acids is 1. The van der Waals surface area contributed by atoms with Gasteiger partial charge in [-0.15, -0.1) is 12.4 Å². The van der Waals surface area contributed by atoms with Gasteiger partial charge in [-0.25, -0.2) is 0 Å². The van der Waals surface area contributed by atoms with Crippen molar-refractivity contribution in [3.05, 3.63) is 34.3 Å². The topological polar surface area (TPSA) is 50.4 Å². The van der Waals surface area contributed by atoms with Crippen molar-refractivity contribution in [3.63, 3.8) is 0 Å². The van der Waals surface area contributed by atoms with Crippen LogP contribution in [-0.2, 0) is 11.2 Å². The molecule has 0 unspecified atom stereocenters. The van der Waals surface area contributed by atoms with E-state index in [9.17, 15) is 4.79 Å². The van der Waals surface area contributed by atoms with Crippen LogP contribution in [0.1, 0.15) is 60.9 Å². The lowest BCUT2D eigenvalue weighted by molar-refractivity contribution is -0.0503. The number of nitrogens with one attached hydrogen (secondary N) is 2. The molecule has 0 aliphatic heterocycles. The Morgan fingerprint density at radius 3 is 2.43 bits per heavy atom. The molecule has 6 heteroatoms. The summed E-state index contributed by atoms with van der Waals surface area (Å²) >= 11 is 6.38. The Hall–Kier alpha value is -0.810. The fourth-order valence-electron chi connectivity index (χ4n) is 6.49. The molecule has 0 spiro atoms. The number of hydrogen-bond donors (Lipinski definition) is 2. The molecule has 4 nitrogen and oxygen atoms in total. The third-order valence-electron chi connectivity index (χ3n) is 7.37. The number of methoxy groups -OCH3 is 1. The highest BCUT2D eigenvalue weighted by molar-refractivity contribution is 6.33. The molecule has 4 aliphatic carbocycles. The van der Waals surface area contributed by atoms with Gasteiger partial charge in [0.2, 0.25) is 0 Å². The molecule has 4 saturated carbocycles. The fourth-order valence-corrected chi connectivity index (χ4v) is 6.69. The largest absolute Gasteiger partial charge is 0.383 e. The first kappa shape index (κ1) is 23.8. The van der Waals surface area contributed by atoms with Crippen molar-refractivity contribution in [2.75, 3.05) is 33.4 Å². The molecular formula is C24H36Cl2N2O2. The molecule has 4 bridgehead atoms. The minimum Gasteiger partial charge on any atom is -0.383 e. The number of benzene rings is 1. The van der Waals surface area contributed by atoms with Gasteiger partial charge in [-0.1, -0.05) is 17.7 Å². The van der Waals surface area contributed by atoms with Gasteiger partial charge in [0.05, 0.1) is 17.2 Å². The van der Waals surface area contributed by atoms with E-state index in [0.29, 0.717) is 16.0 Å². The summed E-state index contributed by atoms with van der Waals surface area (Å²) in [5, 5.41) is 7.17. The molecule has 2 N–H and O–H groups in total. The maximum absolute atomic E-state index is 12.9. The van der Waals surface area contributed by atoms with Crippen LogP contribution in [0.4, 0.5) is 0 Å². The van der Waals surface area contributed by atoms with Gasteiger partial charge in [0.25, 0.3) is 5.91 Å². The maximum Gasteiger partial charge on any atom is 0.252 e. The SMILES string of the molecule is COCCNCCCc1ccc(Cl)c(C(=O)NCC23CC4CC(CC(C4)C2)C3)c1.Cl. The van der Waals surface area contributed by atoms with Crippen LogP contribution in [0, 0.1) is 23.2 Å². The first-order chi connectivity index (χ1) is 14.1. The average molecular weight is 455 g/mol. The number of halogens is 2. The van der Waals surface area contributed by atoms with Gasteiger partial charge in [0.15, 0.2) is 0 Å². The van der Waals surface area contributed by atoms with Crippen LogP contribution in [0.3, 0.4) is 0 Å². The summed E-state index contributed by atoms with van der Waals surface area (Å²) in [6.45, 7) is 3.36. The molecule has 4 fully saturated rings. The quantitative estimate of drug-likeness (QED) is 0.495. The van der Waals surface area contributed by atoms with Gasteiger partial charge in [0, 0.05) is 20.2 Å². The molecule has 0 aromatic heterocycles. The molecule has 5 rings (SSSR count). The summed E-state index contributed by atoms with van der Waals surface area (Å²) < 4.78 is 5.04. The van der Waals surface area contributed by atoms with E-state index in [1.165, 1.54) is 44.1 Å². The summed E-state index contributed by atoms with van der Waals surface area (Å²) in [6, 6.07) is 5.88. The van der Waals surface area contributed by atoms with E-state index >= 15 is 0 Å². The van der Waals surface area contributed by atoms with Gasteiger partial charge < -0.3 is 15.4 Å². The van der Waals surface area contributed by atoms with Gasteiger partial charge in [-0.3, -0.25) is 4.79 Å². The molecule has 1 aromatic rings. The maximum atomic E-state index is 12.9. The zero-order chi connectivity index (χ0) is 20.3. The van der Waals surface area contributed by atoms with E-state index in [1.807, 2.05) is 18.2 Å². The lowest BCUT2D eigenvalue weighted by Crippen LogP contribution is -2.51. The minimum atomic E-state index is -0.00850. The number of rotatable bonds is 10. The minimum absolute atomic E-state index is 0. The van der Waals surface area contributed by atoms with Crippen molar-refractivity contribution in [1.29, 1.82) is 0 Å². The zero-order valence-electron chi connectivity index (χ0n) is 18.1. The van der Waals surface area contributed by atoms with E-state index in [1.54, 1.807) is 7.11 Å². The average Bonchev–Trinajstić information content (AvgIpc) is 2.69. The lowest BCUT2D eigenvalue weighted by Gasteiger charge is -2.56. The normalized spacial score (nSPS) is 28.9. The second kappa shape index (κ2) is 10.7. The molecule has 4 aliphatic rings.